The van der Waals surface area contributed by atoms with Crippen LogP contribution in [0.1, 0.15) is 42.5 Å². The van der Waals surface area contributed by atoms with Gasteiger partial charge < -0.3 is 14.7 Å². The maximum Gasteiger partial charge on any atom is 0.255 e. The second-order valence-electron chi connectivity index (χ2n) is 7.66. The maximum absolute atomic E-state index is 13.2. The Morgan fingerprint density at radius 1 is 1.17 bits per heavy atom. The van der Waals surface area contributed by atoms with E-state index in [1.54, 1.807) is 0 Å². The smallest absolute Gasteiger partial charge is 0.255 e. The molecule has 1 heterocycles. The average Bonchev–Trinajstić information content (AvgIpc) is 3.41. The van der Waals surface area contributed by atoms with E-state index in [2.05, 4.69) is 15.3 Å². The van der Waals surface area contributed by atoms with Crippen molar-refractivity contribution in [1.82, 2.24) is 20.2 Å². The number of amides is 1. The van der Waals surface area contributed by atoms with E-state index in [0.717, 1.165) is 54.4 Å². The number of carbonyl (C=O) groups excluding carboxylic acids is 2. The lowest BCUT2D eigenvalue weighted by Crippen LogP contribution is -2.57. The van der Waals surface area contributed by atoms with E-state index in [1.807, 2.05) is 60.5 Å². The lowest BCUT2D eigenvalue weighted by atomic mass is 10.0. The lowest BCUT2D eigenvalue weighted by molar-refractivity contribution is -0.107. The lowest BCUT2D eigenvalue weighted by Gasteiger charge is -2.40. The normalized spacial score (nSPS) is 15.5. The summed E-state index contributed by atoms with van der Waals surface area (Å²) in [4.78, 5) is 33.6. The Hall–Kier alpha value is -2.99. The summed E-state index contributed by atoms with van der Waals surface area (Å²) in [5.74, 6) is 0.781. The Labute approximate surface area is 170 Å². The molecule has 0 bridgehead atoms. The van der Waals surface area contributed by atoms with Crippen LogP contribution in [0.5, 0.6) is 0 Å². The maximum atomic E-state index is 13.2. The second kappa shape index (κ2) is 8.17. The van der Waals surface area contributed by atoms with E-state index in [0.29, 0.717) is 18.5 Å². The average molecular weight is 390 g/mol. The third kappa shape index (κ3) is 3.80. The molecule has 1 aromatic heterocycles. The highest BCUT2D eigenvalue weighted by Crippen LogP contribution is 2.33. The Morgan fingerprint density at radius 2 is 1.90 bits per heavy atom. The van der Waals surface area contributed by atoms with Crippen molar-refractivity contribution in [3.05, 3.63) is 54.1 Å². The third-order valence-electron chi connectivity index (χ3n) is 5.89. The van der Waals surface area contributed by atoms with Gasteiger partial charge in [0.2, 0.25) is 0 Å². The van der Waals surface area contributed by atoms with Gasteiger partial charge in [-0.15, -0.1) is 0 Å². The number of imidazole rings is 1. The van der Waals surface area contributed by atoms with Gasteiger partial charge >= 0.3 is 0 Å². The monoisotopic (exact) mass is 390 g/mol. The number of nitrogens with zero attached hydrogens (tertiary/aromatic N) is 2. The second-order valence-corrected chi connectivity index (χ2v) is 7.66. The molecule has 1 aliphatic carbocycles. The highest BCUT2D eigenvalue weighted by atomic mass is 16.2. The number of aromatic amines is 1. The molecule has 1 saturated carbocycles. The van der Waals surface area contributed by atoms with Gasteiger partial charge in [0.25, 0.3) is 5.91 Å². The Kier molecular flexibility index (Phi) is 5.45. The van der Waals surface area contributed by atoms with Gasteiger partial charge in [-0.3, -0.25) is 10.1 Å². The van der Waals surface area contributed by atoms with E-state index < -0.39 is 0 Å². The van der Waals surface area contributed by atoms with Crippen LogP contribution in [0.25, 0.3) is 22.4 Å². The number of H-pyrrole nitrogens is 1. The summed E-state index contributed by atoms with van der Waals surface area (Å²) in [6.45, 7) is 0.589. The summed E-state index contributed by atoms with van der Waals surface area (Å²) in [7, 11) is 1.86. The van der Waals surface area contributed by atoms with Crippen molar-refractivity contribution >= 4 is 23.2 Å². The fourth-order valence-electron chi connectivity index (χ4n) is 4.20. The van der Waals surface area contributed by atoms with Crippen LogP contribution in [0.3, 0.4) is 0 Å². The van der Waals surface area contributed by atoms with E-state index >= 15 is 0 Å². The molecule has 6 heteroatoms. The number of hydrogen-bond donors (Lipinski definition) is 2. The van der Waals surface area contributed by atoms with E-state index in [-0.39, 0.29) is 11.6 Å². The minimum absolute atomic E-state index is 0.0124. The van der Waals surface area contributed by atoms with Crippen LogP contribution >= 0.6 is 0 Å². The number of nitrogens with one attached hydrogen (secondary N) is 2. The van der Waals surface area contributed by atoms with Gasteiger partial charge in [-0.05, 0) is 49.9 Å². The van der Waals surface area contributed by atoms with Gasteiger partial charge in [-0.2, -0.15) is 0 Å². The highest BCUT2D eigenvalue weighted by molar-refractivity contribution is 5.95. The first-order chi connectivity index (χ1) is 14.1. The molecule has 0 saturated heterocycles. The largest absolute Gasteiger partial charge is 0.338 e. The molecule has 6 nitrogen and oxygen atoms in total. The molecule has 4 rings (SSSR count). The summed E-state index contributed by atoms with van der Waals surface area (Å²) in [6, 6.07) is 15.5. The molecule has 3 aromatic rings. The Bertz CT molecular complexity index is 970. The number of rotatable bonds is 7. The first-order valence-electron chi connectivity index (χ1n) is 10.1. The highest BCUT2D eigenvalue weighted by Gasteiger charge is 2.39. The van der Waals surface area contributed by atoms with Gasteiger partial charge in [-0.25, -0.2) is 4.98 Å². The summed E-state index contributed by atoms with van der Waals surface area (Å²) in [5, 5.41) is 3.46. The van der Waals surface area contributed by atoms with Gasteiger partial charge in [0.05, 0.1) is 16.7 Å². The zero-order chi connectivity index (χ0) is 20.3. The number of aldehydes is 1. The predicted molar refractivity (Wildman–Crippen MR) is 114 cm³/mol. The summed E-state index contributed by atoms with van der Waals surface area (Å²) in [5.41, 5.74) is 3.15. The summed E-state index contributed by atoms with van der Waals surface area (Å²) in [6.07, 6.45) is 5.34. The molecular weight excluding hydrogens is 364 g/mol. The van der Waals surface area contributed by atoms with E-state index in [4.69, 9.17) is 0 Å². The molecule has 29 heavy (non-hydrogen) atoms. The van der Waals surface area contributed by atoms with Crippen molar-refractivity contribution in [2.24, 2.45) is 0 Å². The van der Waals surface area contributed by atoms with Gasteiger partial charge in [0.1, 0.15) is 12.1 Å². The van der Waals surface area contributed by atoms with Gasteiger partial charge in [0.15, 0.2) is 0 Å². The first-order valence-corrected chi connectivity index (χ1v) is 10.1. The van der Waals surface area contributed by atoms with Crippen molar-refractivity contribution in [3.8, 4) is 11.4 Å². The van der Waals surface area contributed by atoms with Gasteiger partial charge in [-0.1, -0.05) is 24.3 Å². The molecule has 1 fully saturated rings. The minimum atomic E-state index is -0.364. The van der Waals surface area contributed by atoms with Crippen LogP contribution in [0.2, 0.25) is 0 Å². The van der Waals surface area contributed by atoms with Crippen LogP contribution < -0.4 is 5.32 Å². The van der Waals surface area contributed by atoms with E-state index in [9.17, 15) is 9.59 Å². The third-order valence-corrected chi connectivity index (χ3v) is 5.89. The topological polar surface area (TPSA) is 78.1 Å². The van der Waals surface area contributed by atoms with Crippen molar-refractivity contribution in [2.75, 3.05) is 13.6 Å². The minimum Gasteiger partial charge on any atom is -0.338 e. The zero-order valence-electron chi connectivity index (χ0n) is 16.6. The van der Waals surface area contributed by atoms with Gasteiger partial charge in [0, 0.05) is 31.1 Å². The fraction of sp³-hybridized carbons (Fsp3) is 0.348. The molecule has 2 N–H and O–H groups in total. The van der Waals surface area contributed by atoms with Crippen molar-refractivity contribution in [3.63, 3.8) is 0 Å². The molecule has 1 aliphatic rings. The Morgan fingerprint density at radius 3 is 2.59 bits per heavy atom. The van der Waals surface area contributed by atoms with Crippen LogP contribution in [-0.4, -0.2) is 46.3 Å². The number of benzene rings is 2. The summed E-state index contributed by atoms with van der Waals surface area (Å²) >= 11 is 0. The molecule has 150 valence electrons. The van der Waals surface area contributed by atoms with Crippen LogP contribution in [0, 0.1) is 0 Å². The molecule has 0 atom stereocenters. The van der Waals surface area contributed by atoms with Crippen molar-refractivity contribution < 1.29 is 9.59 Å². The van der Waals surface area contributed by atoms with Crippen LogP contribution in [-0.2, 0) is 4.79 Å². The van der Waals surface area contributed by atoms with Crippen molar-refractivity contribution in [2.45, 2.75) is 37.8 Å². The molecule has 0 unspecified atom stereocenters. The standard InChI is InChI=1S/C23H26N4O2/c1-27(23(13-4-5-14-23)24-15-6-16-28)22(29)18-11-9-17(10-12-18)21-25-19-7-2-3-8-20(19)26-21/h2-3,7-12,16,24H,4-6,13-15H2,1H3,(H,25,26). The number of hydrogen-bond acceptors (Lipinski definition) is 4. The SMILES string of the molecule is CN(C(=O)c1ccc(-c2nc3ccccc3[nH]2)cc1)C1(NCCC=O)CCCC1. The van der Waals surface area contributed by atoms with Crippen molar-refractivity contribution in [1.29, 1.82) is 0 Å². The molecule has 0 aliphatic heterocycles. The van der Waals surface area contributed by atoms with E-state index in [1.165, 1.54) is 0 Å². The number of aromatic nitrogens is 2. The zero-order valence-corrected chi connectivity index (χ0v) is 16.6. The quantitative estimate of drug-likeness (QED) is 0.366. The number of fused-ring (bicyclic) bond motifs is 1. The first kappa shape index (κ1) is 19.3. The predicted octanol–water partition coefficient (Wildman–Crippen LogP) is 3.75. The molecule has 1 amide bonds. The van der Waals surface area contributed by atoms with Crippen LogP contribution in [0.4, 0.5) is 0 Å². The number of carbonyl (C=O) groups is 2. The molecular formula is C23H26N4O2. The molecule has 0 spiro atoms. The number of para-hydroxylation sites is 2. The fourth-order valence-corrected chi connectivity index (χ4v) is 4.20. The van der Waals surface area contributed by atoms with Crippen LogP contribution in [0.15, 0.2) is 48.5 Å². The molecule has 0 radical (unpaired) electrons. The molecule has 2 aromatic carbocycles. The Balaban J connectivity index is 1.53. The summed E-state index contributed by atoms with van der Waals surface area (Å²) < 4.78 is 0.